The van der Waals surface area contributed by atoms with Crippen molar-refractivity contribution in [1.29, 1.82) is 0 Å². The average molecular weight is 165 g/mol. The Hall–Kier alpha value is -1.51. The number of carbonyl (C=O) groups excluding carboxylic acids is 1. The first-order chi connectivity index (χ1) is 5.65. The van der Waals surface area contributed by atoms with Crippen LogP contribution in [0.25, 0.3) is 0 Å². The number of phenolic OH excluding ortho intramolecular Hbond substituents is 1. The SMILES string of the molecule is CC(C=O)c1ccc(O)cc1N. The van der Waals surface area contributed by atoms with Crippen LogP contribution in [0.2, 0.25) is 0 Å². The Morgan fingerprint density at radius 3 is 2.75 bits per heavy atom. The first kappa shape index (κ1) is 8.59. The fraction of sp³-hybridized carbons (Fsp3) is 0.222. The molecular weight excluding hydrogens is 154 g/mol. The van der Waals surface area contributed by atoms with Gasteiger partial charge in [0.2, 0.25) is 0 Å². The molecule has 3 nitrogen and oxygen atoms in total. The number of anilines is 1. The number of aldehydes is 1. The van der Waals surface area contributed by atoms with E-state index in [4.69, 9.17) is 10.8 Å². The Bertz CT molecular complexity index is 297. The van der Waals surface area contributed by atoms with E-state index in [1.54, 1.807) is 13.0 Å². The predicted octanol–water partition coefficient (Wildman–Crippen LogP) is 1.28. The minimum Gasteiger partial charge on any atom is -0.508 e. The van der Waals surface area contributed by atoms with E-state index in [9.17, 15) is 4.79 Å². The second-order valence-corrected chi connectivity index (χ2v) is 2.74. The van der Waals surface area contributed by atoms with Gasteiger partial charge in [0.1, 0.15) is 12.0 Å². The Kier molecular flexibility index (Phi) is 2.33. The highest BCUT2D eigenvalue weighted by Gasteiger charge is 2.07. The highest BCUT2D eigenvalue weighted by atomic mass is 16.3. The van der Waals surface area contributed by atoms with Crippen LogP contribution in [0.1, 0.15) is 18.4 Å². The maximum atomic E-state index is 10.4. The highest BCUT2D eigenvalue weighted by molar-refractivity contribution is 5.67. The van der Waals surface area contributed by atoms with E-state index in [1.807, 2.05) is 0 Å². The summed E-state index contributed by atoms with van der Waals surface area (Å²) in [5.41, 5.74) is 6.78. The highest BCUT2D eigenvalue weighted by Crippen LogP contribution is 2.24. The molecule has 0 spiro atoms. The lowest BCUT2D eigenvalue weighted by atomic mass is 10.0. The van der Waals surface area contributed by atoms with Gasteiger partial charge < -0.3 is 15.6 Å². The Labute approximate surface area is 70.8 Å². The molecule has 0 heterocycles. The van der Waals surface area contributed by atoms with E-state index in [0.717, 1.165) is 11.8 Å². The molecule has 1 atom stereocenters. The monoisotopic (exact) mass is 165 g/mol. The molecule has 0 amide bonds. The lowest BCUT2D eigenvalue weighted by Gasteiger charge is -2.07. The third-order valence-electron chi connectivity index (χ3n) is 1.77. The van der Waals surface area contributed by atoms with Crippen molar-refractivity contribution in [2.45, 2.75) is 12.8 Å². The lowest BCUT2D eigenvalue weighted by molar-refractivity contribution is -0.108. The maximum Gasteiger partial charge on any atom is 0.127 e. The second kappa shape index (κ2) is 3.26. The number of nitrogens with two attached hydrogens (primary N) is 1. The smallest absolute Gasteiger partial charge is 0.127 e. The standard InChI is InChI=1S/C9H11NO2/c1-6(5-11)8-3-2-7(12)4-9(8)10/h2-6,12H,10H2,1H3. The zero-order chi connectivity index (χ0) is 9.14. The molecule has 0 aliphatic rings. The van der Waals surface area contributed by atoms with Gasteiger partial charge in [-0.15, -0.1) is 0 Å². The van der Waals surface area contributed by atoms with Crippen LogP contribution in [-0.2, 0) is 4.79 Å². The normalized spacial score (nSPS) is 12.4. The van der Waals surface area contributed by atoms with Gasteiger partial charge in [-0.1, -0.05) is 13.0 Å². The number of hydrogen-bond donors (Lipinski definition) is 2. The minimum atomic E-state index is -0.217. The molecule has 12 heavy (non-hydrogen) atoms. The Morgan fingerprint density at radius 1 is 1.58 bits per heavy atom. The summed E-state index contributed by atoms with van der Waals surface area (Å²) in [7, 11) is 0. The molecule has 0 aliphatic heterocycles. The molecule has 1 unspecified atom stereocenters. The fourth-order valence-corrected chi connectivity index (χ4v) is 1.05. The molecule has 0 saturated heterocycles. The van der Waals surface area contributed by atoms with Gasteiger partial charge in [0, 0.05) is 17.7 Å². The van der Waals surface area contributed by atoms with E-state index in [2.05, 4.69) is 0 Å². The van der Waals surface area contributed by atoms with Gasteiger partial charge in [0.15, 0.2) is 0 Å². The van der Waals surface area contributed by atoms with E-state index >= 15 is 0 Å². The van der Waals surface area contributed by atoms with E-state index in [1.165, 1.54) is 12.1 Å². The lowest BCUT2D eigenvalue weighted by Crippen LogP contribution is -1.99. The molecule has 0 aliphatic carbocycles. The third kappa shape index (κ3) is 1.56. The Morgan fingerprint density at radius 2 is 2.25 bits per heavy atom. The zero-order valence-corrected chi connectivity index (χ0v) is 6.82. The molecule has 0 fully saturated rings. The summed E-state index contributed by atoms with van der Waals surface area (Å²) >= 11 is 0. The first-order valence-corrected chi connectivity index (χ1v) is 3.69. The number of rotatable bonds is 2. The van der Waals surface area contributed by atoms with Crippen molar-refractivity contribution >= 4 is 12.0 Å². The summed E-state index contributed by atoms with van der Waals surface area (Å²) in [5, 5.41) is 9.02. The van der Waals surface area contributed by atoms with Gasteiger partial charge in [-0.2, -0.15) is 0 Å². The van der Waals surface area contributed by atoms with E-state index in [0.29, 0.717) is 5.69 Å². The fourth-order valence-electron chi connectivity index (χ4n) is 1.05. The van der Waals surface area contributed by atoms with Crippen molar-refractivity contribution in [3.05, 3.63) is 23.8 Å². The summed E-state index contributed by atoms with van der Waals surface area (Å²) in [5.74, 6) is -0.0973. The summed E-state index contributed by atoms with van der Waals surface area (Å²) in [4.78, 5) is 10.4. The van der Waals surface area contributed by atoms with Gasteiger partial charge in [-0.05, 0) is 11.6 Å². The molecule has 0 aromatic heterocycles. The number of carbonyl (C=O) groups is 1. The quantitative estimate of drug-likeness (QED) is 0.512. The number of phenols is 1. The molecule has 0 bridgehead atoms. The van der Waals surface area contributed by atoms with Crippen LogP contribution in [0.3, 0.4) is 0 Å². The van der Waals surface area contributed by atoms with Crippen LogP contribution in [-0.4, -0.2) is 11.4 Å². The van der Waals surface area contributed by atoms with Gasteiger partial charge in [0.25, 0.3) is 0 Å². The number of nitrogen functional groups attached to an aromatic ring is 1. The summed E-state index contributed by atoms with van der Waals surface area (Å²) in [6.07, 6.45) is 0.822. The van der Waals surface area contributed by atoms with Crippen LogP contribution in [0.5, 0.6) is 5.75 Å². The molecule has 64 valence electrons. The van der Waals surface area contributed by atoms with Crippen LogP contribution in [0.15, 0.2) is 18.2 Å². The van der Waals surface area contributed by atoms with Crippen LogP contribution in [0, 0.1) is 0 Å². The van der Waals surface area contributed by atoms with Crippen LogP contribution < -0.4 is 5.73 Å². The molecule has 0 radical (unpaired) electrons. The predicted molar refractivity (Wildman–Crippen MR) is 47.0 cm³/mol. The molecule has 3 heteroatoms. The van der Waals surface area contributed by atoms with Crippen molar-refractivity contribution in [2.24, 2.45) is 0 Å². The molecule has 1 aromatic rings. The van der Waals surface area contributed by atoms with Crippen molar-refractivity contribution in [2.75, 3.05) is 5.73 Å². The van der Waals surface area contributed by atoms with Crippen LogP contribution in [0.4, 0.5) is 5.69 Å². The molecule has 1 aromatic carbocycles. The summed E-state index contributed by atoms with van der Waals surface area (Å²) in [6, 6.07) is 4.62. The van der Waals surface area contributed by atoms with Crippen molar-refractivity contribution < 1.29 is 9.90 Å². The first-order valence-electron chi connectivity index (χ1n) is 3.69. The van der Waals surface area contributed by atoms with Crippen molar-refractivity contribution in [3.8, 4) is 5.75 Å². The zero-order valence-electron chi connectivity index (χ0n) is 6.82. The maximum absolute atomic E-state index is 10.4. The average Bonchev–Trinajstić information content (AvgIpc) is 2.03. The van der Waals surface area contributed by atoms with Gasteiger partial charge in [-0.25, -0.2) is 0 Å². The van der Waals surface area contributed by atoms with Gasteiger partial charge >= 0.3 is 0 Å². The second-order valence-electron chi connectivity index (χ2n) is 2.74. The molecular formula is C9H11NO2. The topological polar surface area (TPSA) is 63.3 Å². The number of benzene rings is 1. The van der Waals surface area contributed by atoms with E-state index < -0.39 is 0 Å². The van der Waals surface area contributed by atoms with Crippen molar-refractivity contribution in [3.63, 3.8) is 0 Å². The minimum absolute atomic E-state index is 0.120. The molecule has 1 rings (SSSR count). The third-order valence-corrected chi connectivity index (χ3v) is 1.77. The number of hydrogen-bond acceptors (Lipinski definition) is 3. The van der Waals surface area contributed by atoms with Gasteiger partial charge in [0.05, 0.1) is 0 Å². The van der Waals surface area contributed by atoms with Crippen molar-refractivity contribution in [1.82, 2.24) is 0 Å². The van der Waals surface area contributed by atoms with Crippen LogP contribution >= 0.6 is 0 Å². The largest absolute Gasteiger partial charge is 0.508 e. The molecule has 0 saturated carbocycles. The van der Waals surface area contributed by atoms with Gasteiger partial charge in [-0.3, -0.25) is 0 Å². The Balaban J connectivity index is 3.09. The van der Waals surface area contributed by atoms with E-state index in [-0.39, 0.29) is 11.7 Å². The summed E-state index contributed by atoms with van der Waals surface area (Å²) in [6.45, 7) is 1.76. The molecule has 3 N–H and O–H groups in total. The summed E-state index contributed by atoms with van der Waals surface area (Å²) < 4.78 is 0. The number of aromatic hydroxyl groups is 1.